The Morgan fingerprint density at radius 1 is 1.15 bits per heavy atom. The first-order valence-electron chi connectivity index (χ1n) is 5.28. The average molecular weight is 278 g/mol. The number of aromatic nitrogens is 3. The largest absolute Gasteiger partial charge is 0.480 e. The standard InChI is InChI=1S/C7H6FNO2.C5H5N3O/c1-11-7-5(4-10)2-6(8)3-9-7;6-5-7-1-4(3-9)2-8-5/h2-4H,1H3;1-3H,(H2,6,7,8). The molecule has 0 aromatic carbocycles. The number of halogens is 1. The molecular formula is C12H11FN4O3. The van der Waals surface area contributed by atoms with Crippen LogP contribution < -0.4 is 10.5 Å². The number of anilines is 1. The van der Waals surface area contributed by atoms with E-state index >= 15 is 0 Å². The van der Waals surface area contributed by atoms with Crippen LogP contribution >= 0.6 is 0 Å². The van der Waals surface area contributed by atoms with E-state index in [0.29, 0.717) is 18.1 Å². The number of hydrogen-bond donors (Lipinski definition) is 1. The fourth-order valence-corrected chi connectivity index (χ4v) is 1.11. The van der Waals surface area contributed by atoms with Crippen molar-refractivity contribution in [2.45, 2.75) is 0 Å². The molecule has 0 fully saturated rings. The van der Waals surface area contributed by atoms with Crippen molar-refractivity contribution in [1.29, 1.82) is 0 Å². The third kappa shape index (κ3) is 4.41. The third-order valence-corrected chi connectivity index (χ3v) is 1.99. The van der Waals surface area contributed by atoms with Crippen molar-refractivity contribution in [3.63, 3.8) is 0 Å². The van der Waals surface area contributed by atoms with Gasteiger partial charge in [-0.15, -0.1) is 0 Å². The molecule has 2 N–H and O–H groups in total. The molecule has 2 aromatic heterocycles. The number of methoxy groups -OCH3 is 1. The summed E-state index contributed by atoms with van der Waals surface area (Å²) in [6.07, 6.45) is 4.89. The van der Waals surface area contributed by atoms with E-state index in [9.17, 15) is 14.0 Å². The molecule has 0 unspecified atom stereocenters. The normalized spacial score (nSPS) is 9.10. The molecule has 20 heavy (non-hydrogen) atoms. The van der Waals surface area contributed by atoms with Crippen LogP contribution in [0.1, 0.15) is 20.7 Å². The molecular weight excluding hydrogens is 267 g/mol. The number of nitrogen functional groups attached to an aromatic ring is 1. The van der Waals surface area contributed by atoms with E-state index in [1.807, 2.05) is 0 Å². The first kappa shape index (κ1) is 15.2. The number of aldehydes is 2. The highest BCUT2D eigenvalue weighted by molar-refractivity contribution is 5.77. The van der Waals surface area contributed by atoms with Crippen LogP contribution in [0.15, 0.2) is 24.7 Å². The maximum atomic E-state index is 12.4. The van der Waals surface area contributed by atoms with E-state index in [2.05, 4.69) is 19.7 Å². The smallest absolute Gasteiger partial charge is 0.223 e. The number of ether oxygens (including phenoxy) is 1. The summed E-state index contributed by atoms with van der Waals surface area (Å²) in [7, 11) is 1.37. The Balaban J connectivity index is 0.000000204. The first-order valence-corrected chi connectivity index (χ1v) is 5.28. The second kappa shape index (κ2) is 7.52. The van der Waals surface area contributed by atoms with Gasteiger partial charge in [0.1, 0.15) is 5.82 Å². The van der Waals surface area contributed by atoms with E-state index in [1.165, 1.54) is 19.5 Å². The lowest BCUT2D eigenvalue weighted by Gasteiger charge is -1.99. The molecule has 104 valence electrons. The van der Waals surface area contributed by atoms with Crippen LogP contribution in [0.2, 0.25) is 0 Å². The second-order valence-electron chi connectivity index (χ2n) is 3.36. The van der Waals surface area contributed by atoms with E-state index in [4.69, 9.17) is 5.73 Å². The molecule has 0 radical (unpaired) electrons. The van der Waals surface area contributed by atoms with Crippen molar-refractivity contribution >= 4 is 18.5 Å². The van der Waals surface area contributed by atoms with Crippen LogP contribution in [0.25, 0.3) is 0 Å². The van der Waals surface area contributed by atoms with Crippen molar-refractivity contribution in [1.82, 2.24) is 15.0 Å². The second-order valence-corrected chi connectivity index (χ2v) is 3.36. The molecule has 2 aromatic rings. The van der Waals surface area contributed by atoms with E-state index in [1.54, 1.807) is 0 Å². The van der Waals surface area contributed by atoms with Crippen molar-refractivity contribution in [2.75, 3.05) is 12.8 Å². The number of nitrogens with zero attached hydrogens (tertiary/aromatic N) is 3. The lowest BCUT2D eigenvalue weighted by molar-refractivity contribution is 0.111. The first-order chi connectivity index (χ1) is 9.60. The van der Waals surface area contributed by atoms with Crippen LogP contribution in [0.4, 0.5) is 10.3 Å². The highest BCUT2D eigenvalue weighted by Gasteiger charge is 2.03. The van der Waals surface area contributed by atoms with Gasteiger partial charge >= 0.3 is 0 Å². The quantitative estimate of drug-likeness (QED) is 0.831. The van der Waals surface area contributed by atoms with E-state index in [-0.39, 0.29) is 17.4 Å². The molecule has 0 aliphatic heterocycles. The van der Waals surface area contributed by atoms with Crippen molar-refractivity contribution in [3.05, 3.63) is 41.6 Å². The highest BCUT2D eigenvalue weighted by Crippen LogP contribution is 2.12. The topological polar surface area (TPSA) is 108 Å². The Bertz CT molecular complexity index is 590. The molecule has 0 saturated carbocycles. The van der Waals surface area contributed by atoms with Crippen molar-refractivity contribution < 1.29 is 18.7 Å². The zero-order valence-electron chi connectivity index (χ0n) is 10.5. The number of pyridine rings is 1. The summed E-state index contributed by atoms with van der Waals surface area (Å²) < 4.78 is 17.1. The molecule has 0 saturated heterocycles. The van der Waals surface area contributed by atoms with Gasteiger partial charge in [0.15, 0.2) is 12.6 Å². The third-order valence-electron chi connectivity index (χ3n) is 1.99. The van der Waals surface area contributed by atoms with Crippen molar-refractivity contribution in [3.8, 4) is 5.88 Å². The Kier molecular flexibility index (Phi) is 5.70. The molecule has 2 rings (SSSR count). The zero-order valence-corrected chi connectivity index (χ0v) is 10.5. The molecule has 0 spiro atoms. The molecule has 0 amide bonds. The highest BCUT2D eigenvalue weighted by atomic mass is 19.1. The van der Waals surface area contributed by atoms with Gasteiger partial charge in [0, 0.05) is 12.4 Å². The molecule has 0 aliphatic rings. The number of carbonyl (C=O) groups is 2. The van der Waals surface area contributed by atoms with E-state index in [0.717, 1.165) is 12.3 Å². The zero-order chi connectivity index (χ0) is 15.0. The van der Waals surface area contributed by atoms with Crippen LogP contribution in [-0.4, -0.2) is 34.6 Å². The van der Waals surface area contributed by atoms with Gasteiger partial charge in [0.2, 0.25) is 11.8 Å². The Hall–Kier alpha value is -2.90. The van der Waals surface area contributed by atoms with Gasteiger partial charge in [-0.25, -0.2) is 19.3 Å². The van der Waals surface area contributed by atoms with Gasteiger partial charge in [-0.1, -0.05) is 0 Å². The SMILES string of the molecule is COc1ncc(F)cc1C=O.Nc1ncc(C=O)cn1. The van der Waals surface area contributed by atoms with Crippen LogP contribution in [0, 0.1) is 5.82 Å². The molecule has 7 nitrogen and oxygen atoms in total. The maximum absolute atomic E-state index is 12.4. The monoisotopic (exact) mass is 278 g/mol. The van der Waals surface area contributed by atoms with Crippen LogP contribution in [0.5, 0.6) is 5.88 Å². The number of hydrogen-bond acceptors (Lipinski definition) is 7. The van der Waals surface area contributed by atoms with Gasteiger partial charge in [-0.2, -0.15) is 0 Å². The molecule has 0 bridgehead atoms. The molecule has 8 heteroatoms. The predicted octanol–water partition coefficient (Wildman–Crippen LogP) is 0.913. The number of carbonyl (C=O) groups excluding carboxylic acids is 2. The lowest BCUT2D eigenvalue weighted by Crippen LogP contribution is -1.94. The summed E-state index contributed by atoms with van der Waals surface area (Å²) in [5.74, 6) is -0.227. The lowest BCUT2D eigenvalue weighted by atomic mass is 10.3. The summed E-state index contributed by atoms with van der Waals surface area (Å²) in [5.41, 5.74) is 5.70. The van der Waals surface area contributed by atoms with Crippen LogP contribution in [0.3, 0.4) is 0 Å². The molecule has 0 atom stereocenters. The summed E-state index contributed by atoms with van der Waals surface area (Å²) in [6, 6.07) is 1.07. The number of rotatable bonds is 3. The van der Waals surface area contributed by atoms with Gasteiger partial charge < -0.3 is 10.5 Å². The Morgan fingerprint density at radius 2 is 1.80 bits per heavy atom. The summed E-state index contributed by atoms with van der Waals surface area (Å²) in [5, 5.41) is 0. The summed E-state index contributed by atoms with van der Waals surface area (Å²) >= 11 is 0. The maximum Gasteiger partial charge on any atom is 0.223 e. The summed E-state index contributed by atoms with van der Waals surface area (Å²) in [6.45, 7) is 0. The minimum atomic E-state index is -0.548. The number of nitrogens with two attached hydrogens (primary N) is 1. The summed E-state index contributed by atoms with van der Waals surface area (Å²) in [4.78, 5) is 31.0. The van der Waals surface area contributed by atoms with Crippen molar-refractivity contribution in [2.24, 2.45) is 0 Å². The Labute approximate surface area is 113 Å². The van der Waals surface area contributed by atoms with Crippen LogP contribution in [-0.2, 0) is 0 Å². The minimum absolute atomic E-state index is 0.118. The predicted molar refractivity (Wildman–Crippen MR) is 68.0 cm³/mol. The van der Waals surface area contributed by atoms with Gasteiger partial charge in [0.25, 0.3) is 0 Å². The van der Waals surface area contributed by atoms with Gasteiger partial charge in [-0.05, 0) is 6.07 Å². The van der Waals surface area contributed by atoms with E-state index < -0.39 is 5.82 Å². The molecule has 2 heterocycles. The fourth-order valence-electron chi connectivity index (χ4n) is 1.11. The fraction of sp³-hybridized carbons (Fsp3) is 0.0833. The average Bonchev–Trinajstić information content (AvgIpc) is 2.48. The Morgan fingerprint density at radius 3 is 2.30 bits per heavy atom. The molecule has 0 aliphatic carbocycles. The van der Waals surface area contributed by atoms with Gasteiger partial charge in [-0.3, -0.25) is 9.59 Å². The van der Waals surface area contributed by atoms with Gasteiger partial charge in [0.05, 0.1) is 24.4 Å². The minimum Gasteiger partial charge on any atom is -0.480 e.